The Hall–Kier alpha value is -1.30. The molecule has 20 heavy (non-hydrogen) atoms. The standard InChI is InChI=1S/C15H24N2O3/c1-18-9-6-17(7-10-19-2)14-4-3-13-12-16-5-8-20-15(13)11-14/h3-4,11,16H,5-10,12H2,1-2H3. The molecule has 0 bridgehead atoms. The van der Waals surface area contributed by atoms with Crippen molar-refractivity contribution in [3.63, 3.8) is 0 Å². The largest absolute Gasteiger partial charge is 0.492 e. The number of nitrogens with one attached hydrogen (secondary N) is 1. The molecule has 0 aliphatic carbocycles. The minimum absolute atomic E-state index is 0.698. The van der Waals surface area contributed by atoms with Gasteiger partial charge in [0.2, 0.25) is 0 Å². The van der Waals surface area contributed by atoms with Gasteiger partial charge >= 0.3 is 0 Å². The van der Waals surface area contributed by atoms with Crippen molar-refractivity contribution in [2.24, 2.45) is 0 Å². The molecule has 2 rings (SSSR count). The summed E-state index contributed by atoms with van der Waals surface area (Å²) in [5.74, 6) is 0.979. The van der Waals surface area contributed by atoms with Gasteiger partial charge in [0.1, 0.15) is 12.4 Å². The molecule has 0 saturated carbocycles. The molecule has 112 valence electrons. The Morgan fingerprint density at radius 3 is 2.65 bits per heavy atom. The Balaban J connectivity index is 2.12. The maximum atomic E-state index is 5.80. The van der Waals surface area contributed by atoms with Gasteiger partial charge in [-0.3, -0.25) is 0 Å². The minimum Gasteiger partial charge on any atom is -0.492 e. The fourth-order valence-corrected chi connectivity index (χ4v) is 2.25. The van der Waals surface area contributed by atoms with Crippen molar-refractivity contribution in [2.75, 3.05) is 58.6 Å². The van der Waals surface area contributed by atoms with E-state index in [1.54, 1.807) is 14.2 Å². The third-order valence-corrected chi connectivity index (χ3v) is 3.40. The fraction of sp³-hybridized carbons (Fsp3) is 0.600. The van der Waals surface area contributed by atoms with Crippen molar-refractivity contribution in [1.82, 2.24) is 5.32 Å². The summed E-state index contributed by atoms with van der Waals surface area (Å²) in [6.45, 7) is 5.56. The summed E-state index contributed by atoms with van der Waals surface area (Å²) in [6.07, 6.45) is 0. The summed E-state index contributed by atoms with van der Waals surface area (Å²) in [5, 5.41) is 3.34. The molecule has 0 aromatic heterocycles. The van der Waals surface area contributed by atoms with Crippen LogP contribution in [-0.2, 0) is 16.0 Å². The van der Waals surface area contributed by atoms with E-state index >= 15 is 0 Å². The Morgan fingerprint density at radius 2 is 1.95 bits per heavy atom. The summed E-state index contributed by atoms with van der Waals surface area (Å²) < 4.78 is 16.2. The molecule has 1 aliphatic heterocycles. The first-order valence-electron chi connectivity index (χ1n) is 7.04. The molecule has 0 unspecified atom stereocenters. The Bertz CT molecular complexity index is 404. The van der Waals surface area contributed by atoms with Gasteiger partial charge in [0.25, 0.3) is 0 Å². The van der Waals surface area contributed by atoms with Crippen LogP contribution < -0.4 is 15.0 Å². The average molecular weight is 280 g/mol. The molecule has 0 atom stereocenters. The zero-order chi connectivity index (χ0) is 14.2. The Morgan fingerprint density at radius 1 is 1.20 bits per heavy atom. The molecule has 1 heterocycles. The van der Waals surface area contributed by atoms with Crippen molar-refractivity contribution in [3.8, 4) is 5.75 Å². The van der Waals surface area contributed by atoms with Crippen LogP contribution in [0.5, 0.6) is 5.75 Å². The van der Waals surface area contributed by atoms with Crippen molar-refractivity contribution in [2.45, 2.75) is 6.54 Å². The predicted octanol–water partition coefficient (Wildman–Crippen LogP) is 1.27. The second-order valence-corrected chi connectivity index (χ2v) is 4.79. The molecule has 0 spiro atoms. The SMILES string of the molecule is COCCN(CCOC)c1ccc2c(c1)OCCNC2. The number of methoxy groups -OCH3 is 2. The number of hydrogen-bond acceptors (Lipinski definition) is 5. The lowest BCUT2D eigenvalue weighted by atomic mass is 10.1. The van der Waals surface area contributed by atoms with Crippen LogP contribution in [0.2, 0.25) is 0 Å². The van der Waals surface area contributed by atoms with Crippen LogP contribution in [-0.4, -0.2) is 53.7 Å². The molecule has 1 aromatic carbocycles. The van der Waals surface area contributed by atoms with Crippen LogP contribution in [0.15, 0.2) is 18.2 Å². The molecule has 0 amide bonds. The topological polar surface area (TPSA) is 43.0 Å². The second kappa shape index (κ2) is 8.09. The van der Waals surface area contributed by atoms with E-state index in [2.05, 4.69) is 28.4 Å². The quantitative estimate of drug-likeness (QED) is 0.815. The Kier molecular flexibility index (Phi) is 6.11. The highest BCUT2D eigenvalue weighted by atomic mass is 16.5. The number of fused-ring (bicyclic) bond motifs is 1. The predicted molar refractivity (Wildman–Crippen MR) is 79.6 cm³/mol. The highest BCUT2D eigenvalue weighted by Crippen LogP contribution is 2.27. The molecule has 1 aliphatic rings. The van der Waals surface area contributed by atoms with Gasteiger partial charge in [-0.1, -0.05) is 6.07 Å². The van der Waals surface area contributed by atoms with Gasteiger partial charge in [-0.05, 0) is 6.07 Å². The third kappa shape index (κ3) is 4.10. The van der Waals surface area contributed by atoms with E-state index in [1.165, 1.54) is 5.56 Å². The summed E-state index contributed by atoms with van der Waals surface area (Å²) in [6, 6.07) is 6.39. The van der Waals surface area contributed by atoms with E-state index in [1.807, 2.05) is 0 Å². The minimum atomic E-state index is 0.698. The molecule has 1 aromatic rings. The van der Waals surface area contributed by atoms with Crippen molar-refractivity contribution < 1.29 is 14.2 Å². The van der Waals surface area contributed by atoms with Gasteiger partial charge in [-0.25, -0.2) is 0 Å². The second-order valence-electron chi connectivity index (χ2n) is 4.79. The molecular formula is C15H24N2O3. The van der Waals surface area contributed by atoms with E-state index in [4.69, 9.17) is 14.2 Å². The highest BCUT2D eigenvalue weighted by Gasteiger charge is 2.12. The maximum absolute atomic E-state index is 5.80. The third-order valence-electron chi connectivity index (χ3n) is 3.40. The molecule has 5 nitrogen and oxygen atoms in total. The summed E-state index contributed by atoms with van der Waals surface area (Å²) in [5.41, 5.74) is 2.37. The summed E-state index contributed by atoms with van der Waals surface area (Å²) in [7, 11) is 3.45. The maximum Gasteiger partial charge on any atom is 0.125 e. The average Bonchev–Trinajstić information content (AvgIpc) is 2.72. The first-order chi connectivity index (χ1) is 9.85. The zero-order valence-electron chi connectivity index (χ0n) is 12.4. The van der Waals surface area contributed by atoms with E-state index in [0.29, 0.717) is 19.8 Å². The lowest BCUT2D eigenvalue weighted by Gasteiger charge is -2.25. The summed E-state index contributed by atoms with van der Waals surface area (Å²) >= 11 is 0. The highest BCUT2D eigenvalue weighted by molar-refractivity contribution is 5.54. The molecule has 0 saturated heterocycles. The lowest BCUT2D eigenvalue weighted by molar-refractivity contribution is 0.190. The molecule has 0 radical (unpaired) electrons. The van der Waals surface area contributed by atoms with Gasteiger partial charge in [0.15, 0.2) is 0 Å². The lowest BCUT2D eigenvalue weighted by Crippen LogP contribution is -2.30. The number of hydrogen-bond donors (Lipinski definition) is 1. The van der Waals surface area contributed by atoms with Gasteiger partial charge in [0, 0.05) is 57.7 Å². The van der Waals surface area contributed by atoms with E-state index in [-0.39, 0.29) is 0 Å². The van der Waals surface area contributed by atoms with Crippen LogP contribution in [0.3, 0.4) is 0 Å². The zero-order valence-corrected chi connectivity index (χ0v) is 12.4. The molecule has 0 fully saturated rings. The molecule has 5 heteroatoms. The van der Waals surface area contributed by atoms with Crippen LogP contribution in [0.25, 0.3) is 0 Å². The van der Waals surface area contributed by atoms with Gasteiger partial charge < -0.3 is 24.4 Å². The van der Waals surface area contributed by atoms with Crippen molar-refractivity contribution >= 4 is 5.69 Å². The first-order valence-corrected chi connectivity index (χ1v) is 7.04. The van der Waals surface area contributed by atoms with Gasteiger partial charge in [0.05, 0.1) is 13.2 Å². The number of ether oxygens (including phenoxy) is 3. The van der Waals surface area contributed by atoms with Crippen LogP contribution >= 0.6 is 0 Å². The summed E-state index contributed by atoms with van der Waals surface area (Å²) in [4.78, 5) is 2.26. The van der Waals surface area contributed by atoms with Crippen LogP contribution in [0, 0.1) is 0 Å². The van der Waals surface area contributed by atoms with Crippen LogP contribution in [0.4, 0.5) is 5.69 Å². The number of nitrogens with zero attached hydrogens (tertiary/aromatic N) is 1. The monoisotopic (exact) mass is 280 g/mol. The number of benzene rings is 1. The molecule has 1 N–H and O–H groups in total. The normalized spacial score (nSPS) is 14.3. The number of rotatable bonds is 7. The number of anilines is 1. The van der Waals surface area contributed by atoms with Crippen LogP contribution in [0.1, 0.15) is 5.56 Å². The van der Waals surface area contributed by atoms with E-state index in [9.17, 15) is 0 Å². The van der Waals surface area contributed by atoms with E-state index < -0.39 is 0 Å². The van der Waals surface area contributed by atoms with Gasteiger partial charge in [-0.15, -0.1) is 0 Å². The first kappa shape index (κ1) is 15.1. The molecular weight excluding hydrogens is 256 g/mol. The Labute approximate surface area is 120 Å². The van der Waals surface area contributed by atoms with E-state index in [0.717, 1.165) is 37.6 Å². The van der Waals surface area contributed by atoms with Crippen molar-refractivity contribution in [3.05, 3.63) is 23.8 Å². The van der Waals surface area contributed by atoms with Gasteiger partial charge in [-0.2, -0.15) is 0 Å². The fourth-order valence-electron chi connectivity index (χ4n) is 2.25. The smallest absolute Gasteiger partial charge is 0.125 e. The van der Waals surface area contributed by atoms with Crippen molar-refractivity contribution in [1.29, 1.82) is 0 Å².